The fraction of sp³-hybridized carbons (Fsp3) is 0.533. The Morgan fingerprint density at radius 2 is 2.25 bits per heavy atom. The molecule has 24 heavy (non-hydrogen) atoms. The molecule has 0 radical (unpaired) electrons. The number of likely N-dealkylation sites (tertiary alicyclic amines) is 1. The van der Waals surface area contributed by atoms with Crippen molar-refractivity contribution >= 4 is 5.91 Å². The van der Waals surface area contributed by atoms with E-state index >= 15 is 0 Å². The minimum atomic E-state index is -4.45. The van der Waals surface area contributed by atoms with Gasteiger partial charge in [-0.2, -0.15) is 18.3 Å². The predicted octanol–water partition coefficient (Wildman–Crippen LogP) is 2.42. The molecule has 130 valence electrons. The Morgan fingerprint density at radius 3 is 2.92 bits per heavy atom. The van der Waals surface area contributed by atoms with Crippen LogP contribution in [0.5, 0.6) is 0 Å². The molecule has 1 saturated heterocycles. The normalized spacial score (nSPS) is 18.8. The Bertz CT molecular complexity index is 680. The Balaban J connectivity index is 1.59. The number of aromatic amines is 1. The van der Waals surface area contributed by atoms with Crippen molar-refractivity contribution in [3.05, 3.63) is 36.2 Å². The Morgan fingerprint density at radius 1 is 1.42 bits per heavy atom. The molecule has 0 saturated carbocycles. The van der Waals surface area contributed by atoms with Crippen LogP contribution in [0.3, 0.4) is 0 Å². The summed E-state index contributed by atoms with van der Waals surface area (Å²) in [4.78, 5) is 18.0. The standard InChI is InChI=1S/C15H18F3N5O/c16-15(17,18)13-8-12(20-21-13)11-2-1-5-23(9-11)14(24)3-6-22-7-4-19-10-22/h4,7-8,10-11H,1-3,5-6,9H2,(H,20,21)/t11-/m1/s1. The van der Waals surface area contributed by atoms with E-state index in [-0.39, 0.29) is 11.8 Å². The lowest BCUT2D eigenvalue weighted by molar-refractivity contribution is -0.141. The van der Waals surface area contributed by atoms with Crippen molar-refractivity contribution in [1.82, 2.24) is 24.6 Å². The SMILES string of the molecule is O=C(CCn1ccnc1)N1CCC[C@@H](c2cc(C(F)(F)F)n[nH]2)C1. The van der Waals surface area contributed by atoms with Crippen molar-refractivity contribution in [3.8, 4) is 0 Å². The van der Waals surface area contributed by atoms with Crippen LogP contribution in [0.15, 0.2) is 24.8 Å². The van der Waals surface area contributed by atoms with Gasteiger partial charge in [-0.05, 0) is 18.9 Å². The lowest BCUT2D eigenvalue weighted by Crippen LogP contribution is -2.39. The molecular formula is C15H18F3N5O. The van der Waals surface area contributed by atoms with Gasteiger partial charge in [0.05, 0.1) is 6.33 Å². The van der Waals surface area contributed by atoms with Crippen molar-refractivity contribution in [2.24, 2.45) is 0 Å². The van der Waals surface area contributed by atoms with Gasteiger partial charge in [0.15, 0.2) is 5.69 Å². The predicted molar refractivity (Wildman–Crippen MR) is 79.0 cm³/mol. The van der Waals surface area contributed by atoms with E-state index in [9.17, 15) is 18.0 Å². The van der Waals surface area contributed by atoms with Crippen LogP contribution in [0, 0.1) is 0 Å². The van der Waals surface area contributed by atoms with Crippen molar-refractivity contribution < 1.29 is 18.0 Å². The Hall–Kier alpha value is -2.32. The number of amides is 1. The van der Waals surface area contributed by atoms with E-state index in [1.165, 1.54) is 0 Å². The first-order valence-corrected chi connectivity index (χ1v) is 7.79. The largest absolute Gasteiger partial charge is 0.435 e. The van der Waals surface area contributed by atoms with Gasteiger partial charge in [0, 0.05) is 50.1 Å². The van der Waals surface area contributed by atoms with E-state index in [2.05, 4.69) is 15.2 Å². The van der Waals surface area contributed by atoms with Crippen LogP contribution in [0.25, 0.3) is 0 Å². The van der Waals surface area contributed by atoms with Crippen molar-refractivity contribution in [1.29, 1.82) is 0 Å². The lowest BCUT2D eigenvalue weighted by Gasteiger charge is -2.32. The zero-order valence-electron chi connectivity index (χ0n) is 13.0. The number of hydrogen-bond acceptors (Lipinski definition) is 3. The molecule has 1 N–H and O–H groups in total. The summed E-state index contributed by atoms with van der Waals surface area (Å²) in [6.07, 6.45) is 2.49. The third-order valence-corrected chi connectivity index (χ3v) is 4.25. The van der Waals surface area contributed by atoms with Crippen molar-refractivity contribution in [3.63, 3.8) is 0 Å². The summed E-state index contributed by atoms with van der Waals surface area (Å²) in [7, 11) is 0. The number of piperidine rings is 1. The average Bonchev–Trinajstić information content (AvgIpc) is 3.23. The maximum absolute atomic E-state index is 12.7. The number of nitrogens with one attached hydrogen (secondary N) is 1. The topological polar surface area (TPSA) is 66.8 Å². The van der Waals surface area contributed by atoms with Crippen LogP contribution in [-0.2, 0) is 17.5 Å². The molecule has 2 aromatic rings. The molecule has 1 aliphatic heterocycles. The molecular weight excluding hydrogens is 323 g/mol. The molecule has 9 heteroatoms. The summed E-state index contributed by atoms with van der Waals surface area (Å²) in [5.41, 5.74) is -0.476. The number of hydrogen-bond donors (Lipinski definition) is 1. The van der Waals surface area contributed by atoms with Gasteiger partial charge in [-0.3, -0.25) is 9.89 Å². The first-order chi connectivity index (χ1) is 11.4. The van der Waals surface area contributed by atoms with E-state index < -0.39 is 11.9 Å². The van der Waals surface area contributed by atoms with Gasteiger partial charge in [0.2, 0.25) is 5.91 Å². The van der Waals surface area contributed by atoms with Crippen LogP contribution in [-0.4, -0.2) is 43.6 Å². The monoisotopic (exact) mass is 341 g/mol. The number of rotatable bonds is 4. The second-order valence-corrected chi connectivity index (χ2v) is 5.94. The molecule has 0 aromatic carbocycles. The first-order valence-electron chi connectivity index (χ1n) is 7.79. The molecule has 0 unspecified atom stereocenters. The molecule has 0 spiro atoms. The quantitative estimate of drug-likeness (QED) is 0.929. The number of H-pyrrole nitrogens is 1. The lowest BCUT2D eigenvalue weighted by atomic mass is 9.94. The van der Waals surface area contributed by atoms with Crippen molar-refractivity contribution in [2.75, 3.05) is 13.1 Å². The number of nitrogens with zero attached hydrogens (tertiary/aromatic N) is 4. The maximum atomic E-state index is 12.7. The molecule has 3 heterocycles. The minimum absolute atomic E-state index is 0.00367. The van der Waals surface area contributed by atoms with Gasteiger partial charge in [0.25, 0.3) is 0 Å². The van der Waals surface area contributed by atoms with E-state index in [1.54, 1.807) is 23.6 Å². The smallest absolute Gasteiger partial charge is 0.342 e. The zero-order chi connectivity index (χ0) is 17.2. The van der Waals surface area contributed by atoms with Gasteiger partial charge in [-0.1, -0.05) is 0 Å². The maximum Gasteiger partial charge on any atom is 0.435 e. The van der Waals surface area contributed by atoms with Crippen LogP contribution < -0.4 is 0 Å². The Kier molecular flexibility index (Phi) is 4.59. The fourth-order valence-electron chi connectivity index (χ4n) is 2.95. The number of imidazole rings is 1. The van der Waals surface area contributed by atoms with E-state index in [1.807, 2.05) is 4.57 Å². The summed E-state index contributed by atoms with van der Waals surface area (Å²) < 4.78 is 39.8. The van der Waals surface area contributed by atoms with Crippen LogP contribution in [0.2, 0.25) is 0 Å². The summed E-state index contributed by atoms with van der Waals surface area (Å²) in [6.45, 7) is 1.60. The summed E-state index contributed by atoms with van der Waals surface area (Å²) in [6, 6.07) is 1.05. The summed E-state index contributed by atoms with van der Waals surface area (Å²) >= 11 is 0. The van der Waals surface area contributed by atoms with E-state index in [0.717, 1.165) is 18.9 Å². The zero-order valence-corrected chi connectivity index (χ0v) is 13.0. The summed E-state index contributed by atoms with van der Waals surface area (Å²) in [5, 5.41) is 5.81. The van der Waals surface area contributed by atoms with Gasteiger partial charge >= 0.3 is 6.18 Å². The molecule has 0 bridgehead atoms. The molecule has 1 fully saturated rings. The fourth-order valence-corrected chi connectivity index (χ4v) is 2.95. The number of alkyl halides is 3. The molecule has 6 nitrogen and oxygen atoms in total. The van der Waals surface area contributed by atoms with Gasteiger partial charge < -0.3 is 9.47 Å². The molecule has 1 amide bonds. The number of halogens is 3. The van der Waals surface area contributed by atoms with Crippen LogP contribution >= 0.6 is 0 Å². The highest BCUT2D eigenvalue weighted by atomic mass is 19.4. The van der Waals surface area contributed by atoms with Gasteiger partial charge in [-0.15, -0.1) is 0 Å². The van der Waals surface area contributed by atoms with Gasteiger partial charge in [0.1, 0.15) is 0 Å². The van der Waals surface area contributed by atoms with Gasteiger partial charge in [-0.25, -0.2) is 4.98 Å². The van der Waals surface area contributed by atoms with Crippen LogP contribution in [0.4, 0.5) is 13.2 Å². The third-order valence-electron chi connectivity index (χ3n) is 4.25. The number of carbonyl (C=O) groups excluding carboxylic acids is 1. The Labute approximate surface area is 136 Å². The van der Waals surface area contributed by atoms with Crippen molar-refractivity contribution in [2.45, 2.75) is 37.9 Å². The average molecular weight is 341 g/mol. The second-order valence-electron chi connectivity index (χ2n) is 5.94. The number of aromatic nitrogens is 4. The van der Waals surface area contributed by atoms with E-state index in [4.69, 9.17) is 0 Å². The molecule has 1 atom stereocenters. The minimum Gasteiger partial charge on any atom is -0.342 e. The molecule has 2 aromatic heterocycles. The molecule has 1 aliphatic rings. The highest BCUT2D eigenvalue weighted by molar-refractivity contribution is 5.76. The molecule has 0 aliphatic carbocycles. The number of aryl methyl sites for hydroxylation is 1. The highest BCUT2D eigenvalue weighted by Gasteiger charge is 2.35. The van der Waals surface area contributed by atoms with E-state index in [0.29, 0.717) is 31.7 Å². The third kappa shape index (κ3) is 3.77. The number of carbonyl (C=O) groups is 1. The first kappa shape index (κ1) is 16.5. The summed E-state index contributed by atoms with van der Waals surface area (Å²) in [5.74, 6) is -0.136. The second kappa shape index (κ2) is 6.66. The highest BCUT2D eigenvalue weighted by Crippen LogP contribution is 2.32. The molecule has 3 rings (SSSR count). The van der Waals surface area contributed by atoms with Crippen LogP contribution in [0.1, 0.15) is 36.6 Å².